The van der Waals surface area contributed by atoms with E-state index in [1.165, 1.54) is 34.0 Å². The molecule has 0 aliphatic heterocycles. The van der Waals surface area contributed by atoms with Crippen LogP contribution < -0.4 is 16.4 Å². The van der Waals surface area contributed by atoms with Crippen LogP contribution in [0.2, 0.25) is 0 Å². The van der Waals surface area contributed by atoms with E-state index in [-0.39, 0.29) is 5.91 Å². The molecule has 3 aromatic heterocycles. The molecular weight excluding hydrogens is 400 g/mol. The highest BCUT2D eigenvalue weighted by Crippen LogP contribution is 2.25. The number of hydrogen-bond acceptors (Lipinski definition) is 9. The average Bonchev–Trinajstić information content (AvgIpc) is 3.42. The molecule has 0 aromatic carbocycles. The van der Waals surface area contributed by atoms with E-state index < -0.39 is 6.04 Å². The second kappa shape index (κ2) is 10.6. The van der Waals surface area contributed by atoms with Gasteiger partial charge >= 0.3 is 0 Å². The minimum absolute atomic E-state index is 0.242. The monoisotopic (exact) mass is 420 g/mol. The lowest BCUT2D eigenvalue weighted by Gasteiger charge is -2.09. The molecule has 0 saturated heterocycles. The fourth-order valence-corrected chi connectivity index (χ4v) is 4.18. The lowest BCUT2D eigenvalue weighted by Crippen LogP contribution is -2.27. The van der Waals surface area contributed by atoms with E-state index in [0.717, 1.165) is 22.2 Å². The quantitative estimate of drug-likeness (QED) is 0.556. The van der Waals surface area contributed by atoms with Gasteiger partial charge in [0, 0.05) is 23.0 Å². The smallest absolute Gasteiger partial charge is 0.264 e. The number of nitrogens with two attached hydrogens (primary N) is 1. The second-order valence-electron chi connectivity index (χ2n) is 5.10. The van der Waals surface area contributed by atoms with Crippen molar-refractivity contribution in [3.05, 3.63) is 44.5 Å². The predicted molar refractivity (Wildman–Crippen MR) is 112 cm³/mol. The summed E-state index contributed by atoms with van der Waals surface area (Å²) in [6.45, 7) is 4.70. The lowest BCUT2D eigenvalue weighted by atomic mass is 10.2. The van der Waals surface area contributed by atoms with Gasteiger partial charge in [0.2, 0.25) is 0 Å². The van der Waals surface area contributed by atoms with Gasteiger partial charge in [0.1, 0.15) is 4.88 Å². The van der Waals surface area contributed by atoms with E-state index in [1.54, 1.807) is 6.20 Å². The highest BCUT2D eigenvalue weighted by atomic mass is 32.1. The molecule has 3 heterocycles. The summed E-state index contributed by atoms with van der Waals surface area (Å²) in [5, 5.41) is 20.2. The Bertz CT molecular complexity index is 867. The first-order chi connectivity index (χ1) is 13.1. The lowest BCUT2D eigenvalue weighted by molar-refractivity contribution is 0.0948. The number of nitrogens with one attached hydrogen (secondary N) is 2. The molecule has 1 atom stereocenters. The van der Waals surface area contributed by atoms with Crippen molar-refractivity contribution in [2.24, 2.45) is 0 Å². The maximum atomic E-state index is 12.4. The Morgan fingerprint density at radius 3 is 2.67 bits per heavy atom. The first-order valence-electron chi connectivity index (χ1n) is 8.21. The molecule has 0 fully saturated rings. The van der Waals surface area contributed by atoms with E-state index in [4.69, 9.17) is 5.73 Å². The highest BCUT2D eigenvalue weighted by Gasteiger charge is 2.21. The van der Waals surface area contributed by atoms with Crippen LogP contribution in [0.25, 0.3) is 0 Å². The van der Waals surface area contributed by atoms with Crippen molar-refractivity contribution in [2.45, 2.75) is 26.3 Å². The summed E-state index contributed by atoms with van der Waals surface area (Å²) in [6.07, 6.45) is 2.36. The van der Waals surface area contributed by atoms with Gasteiger partial charge in [0.05, 0.1) is 11.8 Å². The van der Waals surface area contributed by atoms with Gasteiger partial charge in [0.15, 0.2) is 16.3 Å². The number of nitrogen functional groups attached to an aromatic ring is 1. The number of amides is 1. The Morgan fingerprint density at radius 2 is 2.19 bits per heavy atom. The molecular formula is C17H20N6OS3. The number of nitrogens with zero attached hydrogens (tertiary/aromatic N) is 3. The van der Waals surface area contributed by atoms with Crippen LogP contribution in [0.4, 0.5) is 10.3 Å². The molecule has 0 bridgehead atoms. The number of aromatic nitrogens is 2. The summed E-state index contributed by atoms with van der Waals surface area (Å²) in [7, 11) is 0. The van der Waals surface area contributed by atoms with Crippen molar-refractivity contribution in [3.8, 4) is 6.07 Å². The number of thiazole rings is 2. The number of nitriles is 1. The molecule has 0 spiro atoms. The fourth-order valence-electron chi connectivity index (χ4n) is 2.05. The molecule has 0 aliphatic carbocycles. The molecule has 10 heteroatoms. The molecule has 0 radical (unpaired) electrons. The molecule has 1 amide bonds. The SMILES string of the molecule is CCNc1nc(CC)c(C(=O)NC(C#N)c2cccs2)s1.Nc1nccs1. The fraction of sp³-hybridized carbons (Fsp3) is 0.294. The number of aryl methyl sites for hydroxylation is 1. The Morgan fingerprint density at radius 1 is 1.37 bits per heavy atom. The van der Waals surface area contributed by atoms with Crippen LogP contribution in [0.3, 0.4) is 0 Å². The van der Waals surface area contributed by atoms with E-state index in [9.17, 15) is 10.1 Å². The Labute approximate surface area is 169 Å². The normalized spacial score (nSPS) is 11.0. The molecule has 3 aromatic rings. The topological polar surface area (TPSA) is 117 Å². The molecule has 7 nitrogen and oxygen atoms in total. The zero-order chi connectivity index (χ0) is 19.6. The van der Waals surface area contributed by atoms with Crippen LogP contribution in [0.1, 0.15) is 40.1 Å². The standard InChI is InChI=1S/C14H16N4OS2.C3H4N2S/c1-3-9-12(21-14(18-9)16-4-2)13(19)17-10(8-15)11-6-5-7-20-11;4-3-5-1-2-6-3/h5-7,10H,3-4H2,1-2H3,(H,16,18)(H,17,19);1-2H,(H2,4,5). The van der Waals surface area contributed by atoms with Crippen molar-refractivity contribution < 1.29 is 4.79 Å². The first-order valence-corrected chi connectivity index (χ1v) is 10.8. The van der Waals surface area contributed by atoms with Crippen LogP contribution in [0, 0.1) is 11.3 Å². The van der Waals surface area contributed by atoms with Crippen molar-refractivity contribution in [1.29, 1.82) is 5.26 Å². The van der Waals surface area contributed by atoms with Gasteiger partial charge in [-0.05, 0) is 24.8 Å². The highest BCUT2D eigenvalue weighted by molar-refractivity contribution is 7.17. The van der Waals surface area contributed by atoms with Gasteiger partial charge in [-0.2, -0.15) is 5.26 Å². The average molecular weight is 421 g/mol. The minimum atomic E-state index is -0.619. The van der Waals surface area contributed by atoms with Gasteiger partial charge in [-0.3, -0.25) is 4.79 Å². The van der Waals surface area contributed by atoms with Gasteiger partial charge in [-0.25, -0.2) is 9.97 Å². The third kappa shape index (κ3) is 6.02. The zero-order valence-electron chi connectivity index (χ0n) is 14.9. The summed E-state index contributed by atoms with van der Waals surface area (Å²) in [5.41, 5.74) is 5.95. The van der Waals surface area contributed by atoms with E-state index >= 15 is 0 Å². The molecule has 0 saturated carbocycles. The number of carbonyl (C=O) groups is 1. The molecule has 1 unspecified atom stereocenters. The van der Waals surface area contributed by atoms with Gasteiger partial charge in [-0.15, -0.1) is 22.7 Å². The summed E-state index contributed by atoms with van der Waals surface area (Å²) < 4.78 is 0. The number of carbonyl (C=O) groups excluding carboxylic acids is 1. The van der Waals surface area contributed by atoms with Crippen LogP contribution in [-0.4, -0.2) is 22.4 Å². The minimum Gasteiger partial charge on any atom is -0.375 e. The van der Waals surface area contributed by atoms with Gasteiger partial charge in [0.25, 0.3) is 5.91 Å². The van der Waals surface area contributed by atoms with Crippen molar-refractivity contribution >= 4 is 50.2 Å². The summed E-state index contributed by atoms with van der Waals surface area (Å²) in [5.74, 6) is -0.242. The summed E-state index contributed by atoms with van der Waals surface area (Å²) in [4.78, 5) is 21.9. The molecule has 0 aliphatic rings. The summed E-state index contributed by atoms with van der Waals surface area (Å²) >= 11 is 4.22. The third-order valence-corrected chi connectivity index (χ3v) is 5.85. The van der Waals surface area contributed by atoms with Gasteiger partial charge < -0.3 is 16.4 Å². The van der Waals surface area contributed by atoms with Crippen molar-refractivity contribution in [3.63, 3.8) is 0 Å². The van der Waals surface area contributed by atoms with Crippen LogP contribution in [0.5, 0.6) is 0 Å². The van der Waals surface area contributed by atoms with Crippen LogP contribution in [0.15, 0.2) is 29.1 Å². The van der Waals surface area contributed by atoms with Crippen LogP contribution >= 0.6 is 34.0 Å². The molecule has 4 N–H and O–H groups in total. The van der Waals surface area contributed by atoms with Crippen molar-refractivity contribution in [1.82, 2.24) is 15.3 Å². The predicted octanol–water partition coefficient (Wildman–Crippen LogP) is 3.92. The molecule has 27 heavy (non-hydrogen) atoms. The summed E-state index contributed by atoms with van der Waals surface area (Å²) in [6, 6.07) is 5.21. The number of hydrogen-bond donors (Lipinski definition) is 3. The number of anilines is 2. The number of thiophene rings is 1. The van der Waals surface area contributed by atoms with Crippen molar-refractivity contribution in [2.75, 3.05) is 17.6 Å². The Balaban J connectivity index is 0.000000369. The largest absolute Gasteiger partial charge is 0.375 e. The maximum absolute atomic E-state index is 12.4. The molecule has 3 rings (SSSR count). The van der Waals surface area contributed by atoms with E-state index in [2.05, 4.69) is 26.7 Å². The number of rotatable bonds is 6. The zero-order valence-corrected chi connectivity index (χ0v) is 17.4. The molecule has 142 valence electrons. The van der Waals surface area contributed by atoms with E-state index in [0.29, 0.717) is 16.4 Å². The maximum Gasteiger partial charge on any atom is 0.264 e. The Kier molecular flexibility index (Phi) is 8.19. The Hall–Kier alpha value is -2.48. The van der Waals surface area contributed by atoms with E-state index in [1.807, 2.05) is 36.7 Å². The van der Waals surface area contributed by atoms with Gasteiger partial charge in [-0.1, -0.05) is 24.3 Å². The van der Waals surface area contributed by atoms with Crippen LogP contribution in [-0.2, 0) is 6.42 Å². The third-order valence-electron chi connectivity index (χ3n) is 3.25. The first kappa shape index (κ1) is 20.8. The second-order valence-corrected chi connectivity index (χ2v) is 8.00.